The zero-order valence-corrected chi connectivity index (χ0v) is 11.6. The second kappa shape index (κ2) is 7.71. The average Bonchev–Trinajstić information content (AvgIpc) is 2.24. The SMILES string of the molecule is CCO[P+](=O)CCC(OC(C)=O)S(=O)(=O)OC. The first-order chi connectivity index (χ1) is 7.83. The maximum absolute atomic E-state index is 11.4. The van der Waals surface area contributed by atoms with Gasteiger partial charge < -0.3 is 4.74 Å². The largest absolute Gasteiger partial charge is 0.508 e. The van der Waals surface area contributed by atoms with Gasteiger partial charge in [-0.15, -0.1) is 4.52 Å². The molecule has 0 aromatic rings. The normalized spacial score (nSPS) is 14.2. The van der Waals surface area contributed by atoms with Gasteiger partial charge in [-0.2, -0.15) is 8.42 Å². The number of rotatable bonds is 8. The van der Waals surface area contributed by atoms with Crippen LogP contribution in [-0.2, 0) is 32.9 Å². The van der Waals surface area contributed by atoms with Crippen LogP contribution in [0.1, 0.15) is 20.3 Å². The Labute approximate surface area is 101 Å². The van der Waals surface area contributed by atoms with Gasteiger partial charge in [-0.3, -0.25) is 8.98 Å². The fraction of sp³-hybridized carbons (Fsp3) is 0.875. The van der Waals surface area contributed by atoms with Gasteiger partial charge in [0.25, 0.3) is 0 Å². The molecule has 0 bridgehead atoms. The molecule has 0 fully saturated rings. The van der Waals surface area contributed by atoms with Crippen LogP contribution in [0.5, 0.6) is 0 Å². The van der Waals surface area contributed by atoms with Crippen molar-refractivity contribution >= 4 is 24.1 Å². The van der Waals surface area contributed by atoms with Crippen molar-refractivity contribution in [2.24, 2.45) is 0 Å². The maximum atomic E-state index is 11.4. The second-order valence-electron chi connectivity index (χ2n) is 2.96. The summed E-state index contributed by atoms with van der Waals surface area (Å²) in [4.78, 5) is 10.7. The smallest absolute Gasteiger partial charge is 0.443 e. The molecule has 0 radical (unpaired) electrons. The van der Waals surface area contributed by atoms with E-state index in [1.807, 2.05) is 0 Å². The van der Waals surface area contributed by atoms with E-state index in [-0.39, 0.29) is 19.2 Å². The molecule has 0 aromatic heterocycles. The topological polar surface area (TPSA) is 96.0 Å². The highest BCUT2D eigenvalue weighted by atomic mass is 32.2. The van der Waals surface area contributed by atoms with E-state index in [0.717, 1.165) is 14.0 Å². The van der Waals surface area contributed by atoms with Gasteiger partial charge in [0.15, 0.2) is 6.16 Å². The Kier molecular flexibility index (Phi) is 7.45. The van der Waals surface area contributed by atoms with Crippen LogP contribution in [0.2, 0.25) is 0 Å². The number of carbonyl (C=O) groups excluding carboxylic acids is 1. The van der Waals surface area contributed by atoms with Crippen molar-refractivity contribution in [1.29, 1.82) is 0 Å². The third-order valence-electron chi connectivity index (χ3n) is 1.67. The van der Waals surface area contributed by atoms with Gasteiger partial charge in [0.1, 0.15) is 0 Å². The standard InChI is InChI=1S/C8H16O7PS/c1-4-14-16(10)6-5-8(15-7(2)9)17(11,12)13-3/h8H,4-6H2,1-3H3/q+1. The van der Waals surface area contributed by atoms with Crippen molar-refractivity contribution in [3.63, 3.8) is 0 Å². The molecule has 0 aliphatic carbocycles. The highest BCUT2D eigenvalue weighted by Crippen LogP contribution is 2.25. The first kappa shape index (κ1) is 16.4. The Hall–Kier alpha value is -0.560. The lowest BCUT2D eigenvalue weighted by molar-refractivity contribution is -0.143. The fourth-order valence-corrected chi connectivity index (χ4v) is 2.89. The molecule has 100 valence electrons. The highest BCUT2D eigenvalue weighted by Gasteiger charge is 2.32. The Morgan fingerprint density at radius 2 is 2.00 bits per heavy atom. The third-order valence-corrected chi connectivity index (χ3v) is 4.28. The van der Waals surface area contributed by atoms with Crippen molar-refractivity contribution in [2.45, 2.75) is 25.7 Å². The lowest BCUT2D eigenvalue weighted by Crippen LogP contribution is -2.28. The molecule has 9 heteroatoms. The molecule has 0 saturated heterocycles. The molecular weight excluding hydrogens is 271 g/mol. The molecule has 0 aromatic carbocycles. The van der Waals surface area contributed by atoms with Gasteiger partial charge in [-0.05, 0) is 11.5 Å². The summed E-state index contributed by atoms with van der Waals surface area (Å²) >= 11 is 0. The molecule has 2 unspecified atom stereocenters. The van der Waals surface area contributed by atoms with Gasteiger partial charge in [0.2, 0.25) is 5.44 Å². The summed E-state index contributed by atoms with van der Waals surface area (Å²) in [6, 6.07) is 0. The number of hydrogen-bond acceptors (Lipinski definition) is 7. The van der Waals surface area contributed by atoms with E-state index in [9.17, 15) is 17.8 Å². The summed E-state index contributed by atoms with van der Waals surface area (Å²) in [6.45, 7) is 3.02. The monoisotopic (exact) mass is 287 g/mol. The number of esters is 1. The molecule has 0 aliphatic heterocycles. The molecule has 7 nitrogen and oxygen atoms in total. The predicted octanol–water partition coefficient (Wildman–Crippen LogP) is 1.02. The van der Waals surface area contributed by atoms with Crippen LogP contribution in [0.25, 0.3) is 0 Å². The molecular formula is C8H16O7PS+. The number of carbonyl (C=O) groups is 1. The minimum Gasteiger partial charge on any atom is -0.443 e. The van der Waals surface area contributed by atoms with Gasteiger partial charge in [-0.1, -0.05) is 0 Å². The molecule has 2 atom stereocenters. The third kappa shape index (κ3) is 6.68. The summed E-state index contributed by atoms with van der Waals surface area (Å²) in [5.74, 6) is -0.748. The van der Waals surface area contributed by atoms with Crippen LogP contribution in [0.3, 0.4) is 0 Å². The average molecular weight is 287 g/mol. The summed E-state index contributed by atoms with van der Waals surface area (Å²) in [5.41, 5.74) is -1.45. The van der Waals surface area contributed by atoms with E-state index in [0.29, 0.717) is 0 Å². The lowest BCUT2D eigenvalue weighted by atomic mass is 10.5. The minimum atomic E-state index is -3.99. The van der Waals surface area contributed by atoms with Crippen molar-refractivity contribution in [1.82, 2.24) is 0 Å². The van der Waals surface area contributed by atoms with Crippen molar-refractivity contribution in [2.75, 3.05) is 19.9 Å². The van der Waals surface area contributed by atoms with Gasteiger partial charge >= 0.3 is 24.1 Å². The molecule has 0 N–H and O–H groups in total. The quantitative estimate of drug-likeness (QED) is 0.373. The van der Waals surface area contributed by atoms with Crippen LogP contribution >= 0.6 is 8.03 Å². The molecule has 0 rings (SSSR count). The van der Waals surface area contributed by atoms with Crippen molar-refractivity contribution in [3.05, 3.63) is 0 Å². The molecule has 17 heavy (non-hydrogen) atoms. The Balaban J connectivity index is 4.51. The molecule has 0 amide bonds. The number of ether oxygens (including phenoxy) is 1. The highest BCUT2D eigenvalue weighted by molar-refractivity contribution is 7.87. The molecule has 0 saturated carbocycles. The maximum Gasteiger partial charge on any atom is 0.508 e. The van der Waals surface area contributed by atoms with Crippen molar-refractivity contribution in [3.8, 4) is 0 Å². The van der Waals surface area contributed by atoms with E-state index in [2.05, 4.69) is 8.92 Å². The molecule has 0 spiro atoms. The first-order valence-electron chi connectivity index (χ1n) is 4.87. The summed E-state index contributed by atoms with van der Waals surface area (Å²) in [6.07, 6.45) is -0.158. The van der Waals surface area contributed by atoms with Gasteiger partial charge in [-0.25, -0.2) is 0 Å². The van der Waals surface area contributed by atoms with Gasteiger partial charge in [0.05, 0.1) is 13.7 Å². The number of hydrogen-bond donors (Lipinski definition) is 0. The van der Waals surface area contributed by atoms with Crippen LogP contribution in [0.15, 0.2) is 0 Å². The van der Waals surface area contributed by atoms with Crippen LogP contribution in [0.4, 0.5) is 0 Å². The van der Waals surface area contributed by atoms with Crippen LogP contribution in [0, 0.1) is 0 Å². The van der Waals surface area contributed by atoms with E-state index in [1.165, 1.54) is 0 Å². The van der Waals surface area contributed by atoms with Crippen LogP contribution in [-0.4, -0.2) is 39.7 Å². The first-order valence-corrected chi connectivity index (χ1v) is 7.71. The zero-order chi connectivity index (χ0) is 13.5. The molecule has 0 aliphatic rings. The predicted molar refractivity (Wildman–Crippen MR) is 60.2 cm³/mol. The molecule has 0 heterocycles. The van der Waals surface area contributed by atoms with Crippen molar-refractivity contribution < 1.29 is 31.2 Å². The lowest BCUT2D eigenvalue weighted by Gasteiger charge is -2.13. The Bertz CT molecular complexity index is 364. The zero-order valence-electron chi connectivity index (χ0n) is 9.91. The van der Waals surface area contributed by atoms with E-state index in [4.69, 9.17) is 4.52 Å². The van der Waals surface area contributed by atoms with E-state index >= 15 is 0 Å². The minimum absolute atomic E-state index is 0.0241. The van der Waals surface area contributed by atoms with Gasteiger partial charge in [0, 0.05) is 13.3 Å². The second-order valence-corrected chi connectivity index (χ2v) is 6.18. The van der Waals surface area contributed by atoms with E-state index < -0.39 is 29.6 Å². The van der Waals surface area contributed by atoms with E-state index in [1.54, 1.807) is 6.92 Å². The Morgan fingerprint density at radius 3 is 2.41 bits per heavy atom. The summed E-state index contributed by atoms with van der Waals surface area (Å²) in [7, 11) is -4.98. The fourth-order valence-electron chi connectivity index (χ4n) is 0.974. The van der Waals surface area contributed by atoms with Crippen LogP contribution < -0.4 is 0 Å². The summed E-state index contributed by atoms with van der Waals surface area (Å²) in [5, 5.41) is 0. The summed E-state index contributed by atoms with van der Waals surface area (Å²) < 4.78 is 47.6. The Morgan fingerprint density at radius 1 is 1.41 bits per heavy atom.